The van der Waals surface area contributed by atoms with Gasteiger partial charge in [0.15, 0.2) is 0 Å². The molecule has 2 N–H and O–H groups in total. The average molecular weight is 407 g/mol. The van der Waals surface area contributed by atoms with Crippen LogP contribution in [0.25, 0.3) is 0 Å². The lowest BCUT2D eigenvalue weighted by molar-refractivity contribution is -0.932. The van der Waals surface area contributed by atoms with Gasteiger partial charge in [-0.25, -0.2) is 0 Å². The minimum absolute atomic E-state index is 0.0454. The first-order valence-electron chi connectivity index (χ1n) is 8.81. The van der Waals surface area contributed by atoms with Gasteiger partial charge in [0, 0.05) is 5.56 Å². The van der Waals surface area contributed by atoms with Crippen molar-refractivity contribution in [3.8, 4) is 0 Å². The summed E-state index contributed by atoms with van der Waals surface area (Å²) in [5.41, 5.74) is 1.80. The normalized spacial score (nSPS) is 23.2. The van der Waals surface area contributed by atoms with Crippen LogP contribution in [0.2, 0.25) is 0 Å². The number of quaternary nitrogens is 1. The molecule has 0 spiro atoms. The van der Waals surface area contributed by atoms with Gasteiger partial charge >= 0.3 is 0 Å². The van der Waals surface area contributed by atoms with E-state index in [4.69, 9.17) is 34.8 Å². The summed E-state index contributed by atoms with van der Waals surface area (Å²) in [7, 11) is 0. The number of likely N-dealkylation sites (tertiary alicyclic amines) is 1. The second-order valence-corrected chi connectivity index (χ2v) is 10.5. The van der Waals surface area contributed by atoms with Gasteiger partial charge in [0.05, 0.1) is 13.1 Å². The molecular weight excluding hydrogens is 379 g/mol. The van der Waals surface area contributed by atoms with Crippen LogP contribution < -0.4 is 10.2 Å². The molecule has 0 bridgehead atoms. The van der Waals surface area contributed by atoms with Crippen molar-refractivity contribution < 1.29 is 9.69 Å². The van der Waals surface area contributed by atoms with Crippen molar-refractivity contribution >= 4 is 40.7 Å². The molecule has 1 atom stereocenters. The van der Waals surface area contributed by atoms with Crippen molar-refractivity contribution in [3.05, 3.63) is 35.4 Å². The number of piperidine rings is 1. The van der Waals surface area contributed by atoms with Gasteiger partial charge in [-0.15, -0.1) is 0 Å². The quantitative estimate of drug-likeness (QED) is 0.737. The molecule has 140 valence electrons. The van der Waals surface area contributed by atoms with Crippen LogP contribution in [0.1, 0.15) is 56.5 Å². The fourth-order valence-corrected chi connectivity index (χ4v) is 3.80. The summed E-state index contributed by atoms with van der Waals surface area (Å²) in [5.74, 6) is 0.475. The molecule has 0 aliphatic carbocycles. The number of halogens is 3. The highest BCUT2D eigenvalue weighted by atomic mass is 35.6. The van der Waals surface area contributed by atoms with Crippen molar-refractivity contribution in [2.24, 2.45) is 5.92 Å². The second kappa shape index (κ2) is 8.04. The fraction of sp³-hybridized carbons (Fsp3) is 0.632. The number of benzene rings is 1. The monoisotopic (exact) mass is 405 g/mol. The first kappa shape index (κ1) is 20.8. The Morgan fingerprint density at radius 1 is 1.12 bits per heavy atom. The van der Waals surface area contributed by atoms with Crippen LogP contribution in [0.3, 0.4) is 0 Å². The third kappa shape index (κ3) is 5.75. The summed E-state index contributed by atoms with van der Waals surface area (Å²) >= 11 is 18.5. The van der Waals surface area contributed by atoms with Crippen LogP contribution in [0.5, 0.6) is 0 Å². The van der Waals surface area contributed by atoms with Gasteiger partial charge in [0.1, 0.15) is 0 Å². The standard InChI is InChI=1S/C19H27Cl3N2O/c1-13-9-11-24(12-10-13)17(19(20,21)22)23-16(25)14-5-7-15(8-6-14)18(2,3)4/h5-8,13,17H,9-12H2,1-4H3,(H,23,25)/p+1/t17-/m0/s1. The van der Waals surface area contributed by atoms with E-state index in [1.807, 2.05) is 24.3 Å². The smallest absolute Gasteiger partial charge is 0.262 e. The topological polar surface area (TPSA) is 33.5 Å². The summed E-state index contributed by atoms with van der Waals surface area (Å²) in [6.07, 6.45) is 1.59. The molecule has 0 radical (unpaired) electrons. The lowest BCUT2D eigenvalue weighted by Gasteiger charge is -2.36. The first-order valence-corrected chi connectivity index (χ1v) is 9.94. The minimum atomic E-state index is -1.54. The molecule has 1 aliphatic heterocycles. The highest BCUT2D eigenvalue weighted by Gasteiger charge is 2.43. The Labute approximate surface area is 166 Å². The molecule has 0 unspecified atom stereocenters. The van der Waals surface area contributed by atoms with E-state index in [-0.39, 0.29) is 11.3 Å². The van der Waals surface area contributed by atoms with Crippen molar-refractivity contribution in [1.82, 2.24) is 5.32 Å². The van der Waals surface area contributed by atoms with Gasteiger partial charge in [0.25, 0.3) is 9.70 Å². The highest BCUT2D eigenvalue weighted by Crippen LogP contribution is 2.28. The number of alkyl halides is 3. The van der Waals surface area contributed by atoms with Crippen LogP contribution in [0.4, 0.5) is 0 Å². The zero-order valence-corrected chi connectivity index (χ0v) is 17.6. The average Bonchev–Trinajstić information content (AvgIpc) is 2.51. The maximum absolute atomic E-state index is 12.7. The van der Waals surface area contributed by atoms with E-state index in [9.17, 15) is 4.79 Å². The van der Waals surface area contributed by atoms with Crippen LogP contribution in [0.15, 0.2) is 24.3 Å². The fourth-order valence-electron chi connectivity index (χ4n) is 3.17. The number of hydrogen-bond acceptors (Lipinski definition) is 1. The number of nitrogens with one attached hydrogen (secondary N) is 2. The van der Waals surface area contributed by atoms with Gasteiger partial charge < -0.3 is 4.90 Å². The molecular formula is C19H28Cl3N2O+. The molecule has 1 aromatic carbocycles. The van der Waals surface area contributed by atoms with Gasteiger partial charge in [-0.1, -0.05) is 74.6 Å². The Kier molecular flexibility index (Phi) is 6.70. The van der Waals surface area contributed by atoms with E-state index in [2.05, 4.69) is 33.0 Å². The van der Waals surface area contributed by atoms with Gasteiger partial charge in [-0.05, 0) is 41.9 Å². The van der Waals surface area contributed by atoms with E-state index >= 15 is 0 Å². The molecule has 3 nitrogen and oxygen atoms in total. The SMILES string of the molecule is CC1CC[NH+]([C@H](NC(=O)c2ccc(C(C)(C)C)cc2)C(Cl)(Cl)Cl)CC1. The van der Waals surface area contributed by atoms with E-state index in [1.54, 1.807) is 0 Å². The molecule has 1 fully saturated rings. The van der Waals surface area contributed by atoms with Gasteiger partial charge in [-0.2, -0.15) is 0 Å². The van der Waals surface area contributed by atoms with Crippen molar-refractivity contribution in [2.45, 2.75) is 55.9 Å². The largest absolute Gasteiger partial charge is 0.312 e. The van der Waals surface area contributed by atoms with Crippen LogP contribution >= 0.6 is 34.8 Å². The van der Waals surface area contributed by atoms with Crippen LogP contribution in [-0.4, -0.2) is 29.0 Å². The number of amides is 1. The van der Waals surface area contributed by atoms with Crippen molar-refractivity contribution in [3.63, 3.8) is 0 Å². The zero-order chi connectivity index (χ0) is 18.8. The molecule has 2 rings (SSSR count). The Hall–Kier alpha value is -0.480. The summed E-state index contributed by atoms with van der Waals surface area (Å²) in [5, 5.41) is 2.94. The maximum atomic E-state index is 12.7. The van der Waals surface area contributed by atoms with Crippen molar-refractivity contribution in [2.75, 3.05) is 13.1 Å². The number of rotatable bonds is 3. The van der Waals surface area contributed by atoms with E-state index in [0.717, 1.165) is 30.8 Å². The molecule has 6 heteroatoms. The van der Waals surface area contributed by atoms with E-state index < -0.39 is 9.96 Å². The summed E-state index contributed by atoms with van der Waals surface area (Å²) in [4.78, 5) is 13.8. The van der Waals surface area contributed by atoms with Gasteiger partial charge in [0.2, 0.25) is 6.17 Å². The summed E-state index contributed by atoms with van der Waals surface area (Å²) < 4.78 is -1.54. The zero-order valence-electron chi connectivity index (χ0n) is 15.3. The minimum Gasteiger partial charge on any atom is -0.312 e. The van der Waals surface area contributed by atoms with E-state index in [0.29, 0.717) is 11.5 Å². The first-order chi connectivity index (χ1) is 11.5. The Morgan fingerprint density at radius 3 is 2.08 bits per heavy atom. The molecule has 1 saturated heterocycles. The van der Waals surface area contributed by atoms with Crippen LogP contribution in [-0.2, 0) is 5.41 Å². The third-order valence-corrected chi connectivity index (χ3v) is 5.60. The van der Waals surface area contributed by atoms with Crippen LogP contribution in [0, 0.1) is 5.92 Å². The predicted octanol–water partition coefficient (Wildman–Crippen LogP) is 3.73. The number of hydrogen-bond donors (Lipinski definition) is 2. The Morgan fingerprint density at radius 2 is 1.64 bits per heavy atom. The molecule has 25 heavy (non-hydrogen) atoms. The molecule has 1 aromatic rings. The van der Waals surface area contributed by atoms with Crippen molar-refractivity contribution in [1.29, 1.82) is 0 Å². The highest BCUT2D eigenvalue weighted by molar-refractivity contribution is 6.68. The second-order valence-electron chi connectivity index (χ2n) is 8.12. The molecule has 1 amide bonds. The Balaban J connectivity index is 2.11. The van der Waals surface area contributed by atoms with Gasteiger partial charge in [-0.3, -0.25) is 10.1 Å². The Bertz CT molecular complexity index is 582. The number of carbonyl (C=O) groups is 1. The lowest BCUT2D eigenvalue weighted by atomic mass is 9.87. The maximum Gasteiger partial charge on any atom is 0.262 e. The predicted molar refractivity (Wildman–Crippen MR) is 106 cm³/mol. The van der Waals surface area contributed by atoms with E-state index in [1.165, 1.54) is 5.56 Å². The summed E-state index contributed by atoms with van der Waals surface area (Å²) in [6, 6.07) is 7.63. The lowest BCUT2D eigenvalue weighted by Crippen LogP contribution is -3.20. The molecule has 0 saturated carbocycles. The third-order valence-electron chi connectivity index (χ3n) is 4.94. The summed E-state index contributed by atoms with van der Waals surface area (Å²) in [6.45, 7) is 10.4. The molecule has 1 aliphatic rings. The molecule has 1 heterocycles. The molecule has 0 aromatic heterocycles. The number of carbonyl (C=O) groups excluding carboxylic acids is 1.